The molecule has 0 fully saturated rings. The molecular formula is C24H24N4O3. The van der Waals surface area contributed by atoms with Gasteiger partial charge in [-0.1, -0.05) is 31.5 Å². The average molecular weight is 416 g/mol. The Kier molecular flexibility index (Phi) is 5.42. The smallest absolute Gasteiger partial charge is 0.287 e. The maximum absolute atomic E-state index is 13.1. The van der Waals surface area contributed by atoms with E-state index in [-0.39, 0.29) is 23.1 Å². The largest absolute Gasteiger partial charge is 0.451 e. The number of nitrogens with zero attached hydrogens (tertiary/aromatic N) is 2. The van der Waals surface area contributed by atoms with E-state index in [1.54, 1.807) is 18.3 Å². The molecule has 31 heavy (non-hydrogen) atoms. The molecule has 0 aliphatic heterocycles. The summed E-state index contributed by atoms with van der Waals surface area (Å²) >= 11 is 0. The van der Waals surface area contributed by atoms with Crippen molar-refractivity contribution in [1.82, 2.24) is 20.3 Å². The van der Waals surface area contributed by atoms with Gasteiger partial charge < -0.3 is 14.7 Å². The topological polar surface area (TPSA) is 101 Å². The lowest BCUT2D eigenvalue weighted by Crippen LogP contribution is -2.33. The van der Waals surface area contributed by atoms with Crippen molar-refractivity contribution in [2.75, 3.05) is 0 Å². The zero-order chi connectivity index (χ0) is 22.1. The predicted octanol–water partition coefficient (Wildman–Crippen LogP) is 4.32. The molecule has 4 aromatic rings. The fraction of sp³-hybridized carbons (Fsp3) is 0.250. The molecule has 0 aliphatic rings. The van der Waals surface area contributed by atoms with Gasteiger partial charge in [-0.25, -0.2) is 4.98 Å². The van der Waals surface area contributed by atoms with Crippen LogP contribution in [0, 0.1) is 19.8 Å². The zero-order valence-electron chi connectivity index (χ0n) is 17.9. The lowest BCUT2D eigenvalue weighted by molar-refractivity contribution is 0.0897. The minimum atomic E-state index is -0.480. The molecule has 1 amide bonds. The van der Waals surface area contributed by atoms with Crippen LogP contribution in [0.4, 0.5) is 0 Å². The molecule has 0 saturated heterocycles. The van der Waals surface area contributed by atoms with Gasteiger partial charge in [-0.2, -0.15) is 0 Å². The van der Waals surface area contributed by atoms with E-state index in [0.29, 0.717) is 22.8 Å². The van der Waals surface area contributed by atoms with E-state index in [9.17, 15) is 9.59 Å². The Balaban J connectivity index is 1.69. The molecule has 3 heterocycles. The maximum Gasteiger partial charge on any atom is 0.287 e. The quantitative estimate of drug-likeness (QED) is 0.504. The van der Waals surface area contributed by atoms with Gasteiger partial charge in [0.15, 0.2) is 11.6 Å². The Morgan fingerprint density at radius 2 is 1.94 bits per heavy atom. The molecule has 0 bridgehead atoms. The van der Waals surface area contributed by atoms with Gasteiger partial charge in [0, 0.05) is 23.2 Å². The SMILES string of the molecule is Cc1ccc2oc(C(=O)NC(c3cc(=O)[nH]c(-c4ccccn4)n3)C(C)C)c(C)c2c1. The highest BCUT2D eigenvalue weighted by Crippen LogP contribution is 2.28. The summed E-state index contributed by atoms with van der Waals surface area (Å²) in [6.07, 6.45) is 1.63. The van der Waals surface area contributed by atoms with Crippen LogP contribution in [0.1, 0.15) is 47.3 Å². The second-order valence-electron chi connectivity index (χ2n) is 7.98. The summed E-state index contributed by atoms with van der Waals surface area (Å²) in [6, 6.07) is 12.1. The number of fused-ring (bicyclic) bond motifs is 1. The number of hydrogen-bond donors (Lipinski definition) is 2. The first-order valence-electron chi connectivity index (χ1n) is 10.2. The van der Waals surface area contributed by atoms with Crippen molar-refractivity contribution in [3.63, 3.8) is 0 Å². The highest BCUT2D eigenvalue weighted by Gasteiger charge is 2.25. The Morgan fingerprint density at radius 1 is 1.13 bits per heavy atom. The summed E-state index contributed by atoms with van der Waals surface area (Å²) in [5, 5.41) is 3.92. The van der Waals surface area contributed by atoms with Crippen LogP contribution in [0.2, 0.25) is 0 Å². The number of furan rings is 1. The summed E-state index contributed by atoms with van der Waals surface area (Å²) in [6.45, 7) is 7.79. The van der Waals surface area contributed by atoms with Gasteiger partial charge >= 0.3 is 0 Å². The van der Waals surface area contributed by atoms with E-state index in [1.807, 2.05) is 52.0 Å². The van der Waals surface area contributed by atoms with Gasteiger partial charge in [-0.3, -0.25) is 14.6 Å². The Labute approximate surface area is 179 Å². The second-order valence-corrected chi connectivity index (χ2v) is 7.98. The van der Waals surface area contributed by atoms with E-state index in [4.69, 9.17) is 4.42 Å². The van der Waals surface area contributed by atoms with E-state index in [0.717, 1.165) is 16.5 Å². The molecule has 3 aromatic heterocycles. The third-order valence-electron chi connectivity index (χ3n) is 5.24. The standard InChI is InChI=1S/C24H24N4O3/c1-13(2)21(18-12-20(29)27-23(26-18)17-7-5-6-10-25-17)28-24(30)22-15(4)16-11-14(3)8-9-19(16)31-22/h5-13,21H,1-4H3,(H,28,30)(H,26,27,29). The van der Waals surface area contributed by atoms with Crippen LogP contribution in [-0.2, 0) is 0 Å². The summed E-state index contributed by atoms with van der Waals surface area (Å²) in [7, 11) is 0. The monoisotopic (exact) mass is 416 g/mol. The molecule has 1 aromatic carbocycles. The predicted molar refractivity (Wildman–Crippen MR) is 119 cm³/mol. The number of amides is 1. The van der Waals surface area contributed by atoms with Gasteiger partial charge in [0.25, 0.3) is 11.5 Å². The van der Waals surface area contributed by atoms with E-state index in [2.05, 4.69) is 20.3 Å². The first-order valence-corrected chi connectivity index (χ1v) is 10.2. The highest BCUT2D eigenvalue weighted by atomic mass is 16.3. The molecule has 0 saturated carbocycles. The number of aromatic amines is 1. The molecule has 0 radical (unpaired) electrons. The first-order chi connectivity index (χ1) is 14.8. The van der Waals surface area contributed by atoms with Gasteiger partial charge in [-0.15, -0.1) is 0 Å². The van der Waals surface area contributed by atoms with Gasteiger partial charge in [-0.05, 0) is 44.0 Å². The van der Waals surface area contributed by atoms with Crippen LogP contribution in [0.25, 0.3) is 22.5 Å². The molecule has 0 spiro atoms. The molecule has 1 atom stereocenters. The van der Waals surface area contributed by atoms with Crippen LogP contribution < -0.4 is 10.9 Å². The molecule has 158 valence electrons. The molecule has 7 heteroatoms. The van der Waals surface area contributed by atoms with Crippen molar-refractivity contribution >= 4 is 16.9 Å². The van der Waals surface area contributed by atoms with Crippen molar-refractivity contribution in [1.29, 1.82) is 0 Å². The number of nitrogens with one attached hydrogen (secondary N) is 2. The van der Waals surface area contributed by atoms with Crippen LogP contribution in [0.5, 0.6) is 0 Å². The summed E-state index contributed by atoms with van der Waals surface area (Å²) in [4.78, 5) is 37.0. The Hall–Kier alpha value is -3.74. The first kappa shape index (κ1) is 20.5. The minimum Gasteiger partial charge on any atom is -0.451 e. The zero-order valence-corrected chi connectivity index (χ0v) is 17.9. The Bertz CT molecular complexity index is 1310. The van der Waals surface area contributed by atoms with Crippen molar-refractivity contribution in [2.45, 2.75) is 33.7 Å². The fourth-order valence-electron chi connectivity index (χ4n) is 3.60. The number of aryl methyl sites for hydroxylation is 2. The summed E-state index contributed by atoms with van der Waals surface area (Å²) in [5.74, 6) is 0.271. The lowest BCUT2D eigenvalue weighted by Gasteiger charge is -2.21. The maximum atomic E-state index is 13.1. The molecule has 1 unspecified atom stereocenters. The van der Waals surface area contributed by atoms with Crippen molar-refractivity contribution in [2.24, 2.45) is 5.92 Å². The van der Waals surface area contributed by atoms with E-state index in [1.165, 1.54) is 6.07 Å². The van der Waals surface area contributed by atoms with Crippen molar-refractivity contribution < 1.29 is 9.21 Å². The summed E-state index contributed by atoms with van der Waals surface area (Å²) in [5.41, 5.74) is 3.27. The highest BCUT2D eigenvalue weighted by molar-refractivity contribution is 5.99. The van der Waals surface area contributed by atoms with Gasteiger partial charge in [0.1, 0.15) is 11.3 Å². The van der Waals surface area contributed by atoms with Crippen LogP contribution in [0.3, 0.4) is 0 Å². The summed E-state index contributed by atoms with van der Waals surface area (Å²) < 4.78 is 5.84. The van der Waals surface area contributed by atoms with Crippen molar-refractivity contribution in [3.05, 3.63) is 81.6 Å². The molecule has 7 nitrogen and oxygen atoms in total. The molecule has 4 rings (SSSR count). The lowest BCUT2D eigenvalue weighted by atomic mass is 10.00. The number of rotatable bonds is 5. The number of pyridine rings is 1. The number of carbonyl (C=O) groups is 1. The van der Waals surface area contributed by atoms with Crippen LogP contribution in [0.15, 0.2) is 57.9 Å². The third kappa shape index (κ3) is 4.12. The fourth-order valence-corrected chi connectivity index (χ4v) is 3.60. The minimum absolute atomic E-state index is 0.0123. The van der Waals surface area contributed by atoms with Gasteiger partial charge in [0.2, 0.25) is 0 Å². The molecule has 2 N–H and O–H groups in total. The number of benzene rings is 1. The van der Waals surface area contributed by atoms with Crippen LogP contribution in [-0.4, -0.2) is 20.9 Å². The van der Waals surface area contributed by atoms with E-state index >= 15 is 0 Å². The Morgan fingerprint density at radius 3 is 2.65 bits per heavy atom. The number of H-pyrrole nitrogens is 1. The molecule has 0 aliphatic carbocycles. The second kappa shape index (κ2) is 8.18. The number of carbonyl (C=O) groups excluding carboxylic acids is 1. The average Bonchev–Trinajstić information content (AvgIpc) is 3.08. The number of aromatic nitrogens is 3. The number of hydrogen-bond acceptors (Lipinski definition) is 5. The third-order valence-corrected chi connectivity index (χ3v) is 5.24. The van der Waals surface area contributed by atoms with Crippen molar-refractivity contribution in [3.8, 4) is 11.5 Å². The normalized spacial score (nSPS) is 12.3. The van der Waals surface area contributed by atoms with Crippen LogP contribution >= 0.6 is 0 Å². The molecular weight excluding hydrogens is 392 g/mol. The van der Waals surface area contributed by atoms with E-state index < -0.39 is 6.04 Å². The van der Waals surface area contributed by atoms with Gasteiger partial charge in [0.05, 0.1) is 11.7 Å².